The molecule has 0 aliphatic heterocycles. The number of rotatable bonds is 7. The number of hydrogen-bond acceptors (Lipinski definition) is 4. The van der Waals surface area contributed by atoms with Crippen LogP contribution in [0, 0.1) is 11.3 Å². The molecule has 1 aliphatic carbocycles. The number of aliphatic hydroxyl groups is 1. The molecule has 1 aliphatic rings. The van der Waals surface area contributed by atoms with Crippen molar-refractivity contribution in [2.45, 2.75) is 71.7 Å². The second-order valence-corrected chi connectivity index (χ2v) is 8.25. The van der Waals surface area contributed by atoms with Crippen molar-refractivity contribution >= 4 is 5.97 Å². The van der Waals surface area contributed by atoms with Crippen molar-refractivity contribution in [3.8, 4) is 0 Å². The van der Waals surface area contributed by atoms with Crippen LogP contribution < -0.4 is 0 Å². The predicted molar refractivity (Wildman–Crippen MR) is 97.9 cm³/mol. The average molecular weight is 348 g/mol. The minimum atomic E-state index is -1.03. The molecule has 4 nitrogen and oxygen atoms in total. The van der Waals surface area contributed by atoms with Gasteiger partial charge in [0.05, 0.1) is 18.1 Å². The van der Waals surface area contributed by atoms with Gasteiger partial charge < -0.3 is 14.6 Å². The maximum absolute atomic E-state index is 11.9. The summed E-state index contributed by atoms with van der Waals surface area (Å²) in [6.45, 7) is 8.00. The lowest BCUT2D eigenvalue weighted by atomic mass is 9.94. The van der Waals surface area contributed by atoms with Crippen molar-refractivity contribution in [1.29, 1.82) is 0 Å². The molecule has 0 saturated heterocycles. The van der Waals surface area contributed by atoms with E-state index in [1.54, 1.807) is 0 Å². The van der Waals surface area contributed by atoms with Gasteiger partial charge in [0.15, 0.2) is 5.79 Å². The third kappa shape index (κ3) is 5.82. The molecule has 1 aromatic carbocycles. The Bertz CT molecular complexity index is 541. The molecule has 1 aromatic rings. The maximum Gasteiger partial charge on any atom is 0.311 e. The highest BCUT2D eigenvalue weighted by molar-refractivity contribution is 5.75. The molecule has 1 N–H and O–H groups in total. The van der Waals surface area contributed by atoms with Crippen molar-refractivity contribution in [1.82, 2.24) is 0 Å². The molecule has 140 valence electrons. The fourth-order valence-electron chi connectivity index (χ4n) is 3.14. The molecule has 2 rings (SSSR count). The Morgan fingerprint density at radius 3 is 2.36 bits per heavy atom. The first-order valence-corrected chi connectivity index (χ1v) is 9.34. The van der Waals surface area contributed by atoms with Crippen molar-refractivity contribution in [2.75, 3.05) is 6.61 Å². The fraction of sp³-hybridized carbons (Fsp3) is 0.667. The maximum atomic E-state index is 11.9. The Balaban J connectivity index is 2.00. The van der Waals surface area contributed by atoms with Crippen molar-refractivity contribution in [3.63, 3.8) is 0 Å². The molecule has 0 aromatic heterocycles. The summed E-state index contributed by atoms with van der Waals surface area (Å²) >= 11 is 0. The first-order valence-electron chi connectivity index (χ1n) is 9.34. The minimum Gasteiger partial charge on any atom is -0.465 e. The fourth-order valence-corrected chi connectivity index (χ4v) is 3.14. The summed E-state index contributed by atoms with van der Waals surface area (Å²) in [5.41, 5.74) is 0.565. The van der Waals surface area contributed by atoms with E-state index in [4.69, 9.17) is 9.47 Å². The molecule has 0 radical (unpaired) electrons. The van der Waals surface area contributed by atoms with Gasteiger partial charge in [0.2, 0.25) is 0 Å². The number of benzene rings is 1. The van der Waals surface area contributed by atoms with Crippen molar-refractivity contribution < 1.29 is 19.4 Å². The van der Waals surface area contributed by atoms with Crippen LogP contribution >= 0.6 is 0 Å². The standard InChI is InChI=1S/C21H32O4/c1-16(12-15-24-19(22)20(2,3)4)18(17-10-6-5-7-11-17)25-21(23)13-8-9-14-21/h5-7,10-11,16,18,23H,8-9,12-15H2,1-4H3/t16-,18+/m1/s1. The SMILES string of the molecule is C[C@H](CCOC(=O)C(C)(C)C)[C@H](OC1(O)CCCC1)c1ccccc1. The molecule has 1 fully saturated rings. The van der Waals surface area contributed by atoms with E-state index < -0.39 is 11.2 Å². The number of ether oxygens (including phenoxy) is 2. The van der Waals surface area contributed by atoms with Gasteiger partial charge in [-0.2, -0.15) is 0 Å². The molecule has 0 unspecified atom stereocenters. The Labute approximate surface area is 151 Å². The van der Waals surface area contributed by atoms with Gasteiger partial charge in [-0.05, 0) is 51.5 Å². The molecular formula is C21H32O4. The highest BCUT2D eigenvalue weighted by Crippen LogP contribution is 2.39. The normalized spacial score (nSPS) is 19.4. The third-order valence-corrected chi connectivity index (χ3v) is 4.79. The molecule has 0 heterocycles. The van der Waals surface area contributed by atoms with E-state index in [9.17, 15) is 9.90 Å². The quantitative estimate of drug-likeness (QED) is 0.577. The van der Waals surface area contributed by atoms with E-state index in [1.165, 1.54) is 0 Å². The minimum absolute atomic E-state index is 0.125. The second-order valence-electron chi connectivity index (χ2n) is 8.25. The van der Waals surface area contributed by atoms with Crippen LogP contribution in [0.5, 0.6) is 0 Å². The highest BCUT2D eigenvalue weighted by Gasteiger charge is 2.37. The van der Waals surface area contributed by atoms with Gasteiger partial charge in [-0.15, -0.1) is 0 Å². The van der Waals surface area contributed by atoms with E-state index in [2.05, 4.69) is 6.92 Å². The monoisotopic (exact) mass is 348 g/mol. The Morgan fingerprint density at radius 1 is 1.20 bits per heavy atom. The first-order chi connectivity index (χ1) is 11.7. The van der Waals surface area contributed by atoms with Gasteiger partial charge in [-0.3, -0.25) is 4.79 Å². The molecule has 0 spiro atoms. The zero-order valence-electron chi connectivity index (χ0n) is 16.0. The molecule has 4 heteroatoms. The lowest BCUT2D eigenvalue weighted by Crippen LogP contribution is -2.33. The van der Waals surface area contributed by atoms with Gasteiger partial charge in [0.1, 0.15) is 0 Å². The number of esters is 1. The van der Waals surface area contributed by atoms with E-state index >= 15 is 0 Å². The topological polar surface area (TPSA) is 55.8 Å². The van der Waals surface area contributed by atoms with E-state index in [-0.39, 0.29) is 18.0 Å². The molecule has 0 bridgehead atoms. The summed E-state index contributed by atoms with van der Waals surface area (Å²) in [6, 6.07) is 10.00. The Morgan fingerprint density at radius 2 is 1.80 bits per heavy atom. The Hall–Kier alpha value is -1.39. The zero-order chi connectivity index (χ0) is 18.5. The summed E-state index contributed by atoms with van der Waals surface area (Å²) < 4.78 is 11.6. The lowest BCUT2D eigenvalue weighted by molar-refractivity contribution is -0.237. The van der Waals surface area contributed by atoms with E-state index in [0.29, 0.717) is 25.9 Å². The van der Waals surface area contributed by atoms with Gasteiger partial charge in [-0.1, -0.05) is 37.3 Å². The van der Waals surface area contributed by atoms with Crippen LogP contribution in [0.15, 0.2) is 30.3 Å². The molecule has 0 amide bonds. The van der Waals surface area contributed by atoms with Crippen molar-refractivity contribution in [3.05, 3.63) is 35.9 Å². The van der Waals surface area contributed by atoms with Gasteiger partial charge >= 0.3 is 5.97 Å². The number of carbonyl (C=O) groups is 1. The van der Waals surface area contributed by atoms with Crippen LogP contribution in [0.1, 0.15) is 71.5 Å². The van der Waals surface area contributed by atoms with Crippen LogP contribution in [0.25, 0.3) is 0 Å². The second kappa shape index (κ2) is 8.33. The third-order valence-electron chi connectivity index (χ3n) is 4.79. The van der Waals surface area contributed by atoms with Crippen LogP contribution in [-0.4, -0.2) is 23.5 Å². The van der Waals surface area contributed by atoms with Gasteiger partial charge in [-0.25, -0.2) is 0 Å². The largest absolute Gasteiger partial charge is 0.465 e. The smallest absolute Gasteiger partial charge is 0.311 e. The zero-order valence-corrected chi connectivity index (χ0v) is 16.0. The van der Waals surface area contributed by atoms with E-state index in [0.717, 1.165) is 18.4 Å². The van der Waals surface area contributed by atoms with Crippen molar-refractivity contribution in [2.24, 2.45) is 11.3 Å². The number of hydrogen-bond donors (Lipinski definition) is 1. The Kier molecular flexibility index (Phi) is 6.64. The molecule has 2 atom stereocenters. The van der Waals surface area contributed by atoms with E-state index in [1.807, 2.05) is 51.1 Å². The number of carbonyl (C=O) groups excluding carboxylic acids is 1. The van der Waals surface area contributed by atoms with Gasteiger partial charge in [0, 0.05) is 12.8 Å². The average Bonchev–Trinajstić information content (AvgIpc) is 2.99. The summed E-state index contributed by atoms with van der Waals surface area (Å²) in [6.07, 6.45) is 3.84. The molecule has 1 saturated carbocycles. The first kappa shape index (κ1) is 19.9. The summed E-state index contributed by atoms with van der Waals surface area (Å²) in [7, 11) is 0. The van der Waals surface area contributed by atoms with Crippen LogP contribution in [0.3, 0.4) is 0 Å². The van der Waals surface area contributed by atoms with Crippen LogP contribution in [-0.2, 0) is 14.3 Å². The predicted octanol–water partition coefficient (Wildman–Crippen LogP) is 4.62. The van der Waals surface area contributed by atoms with Gasteiger partial charge in [0.25, 0.3) is 0 Å². The molecular weight excluding hydrogens is 316 g/mol. The van der Waals surface area contributed by atoms with Crippen LogP contribution in [0.2, 0.25) is 0 Å². The van der Waals surface area contributed by atoms with Crippen LogP contribution in [0.4, 0.5) is 0 Å². The summed E-state index contributed by atoms with van der Waals surface area (Å²) in [5, 5.41) is 10.7. The summed E-state index contributed by atoms with van der Waals surface area (Å²) in [4.78, 5) is 11.9. The highest BCUT2D eigenvalue weighted by atomic mass is 16.6. The molecule has 25 heavy (non-hydrogen) atoms. The summed E-state index contributed by atoms with van der Waals surface area (Å²) in [5.74, 6) is -1.09. The lowest BCUT2D eigenvalue weighted by Gasteiger charge is -2.33.